The zero-order valence-electron chi connectivity index (χ0n) is 13.6. The molecule has 0 radical (unpaired) electrons. The number of unbranched alkanes of at least 4 members (excludes halogenated alkanes) is 1. The molecule has 0 unspecified atom stereocenters. The zero-order valence-corrected chi connectivity index (χ0v) is 14.4. The van der Waals surface area contributed by atoms with Crippen LogP contribution >= 0.6 is 11.8 Å². The number of nitrogens with one attached hydrogen (secondary N) is 1. The first-order valence-electron chi connectivity index (χ1n) is 8.10. The largest absolute Gasteiger partial charge is 0.355 e. The zero-order chi connectivity index (χ0) is 15.5. The summed E-state index contributed by atoms with van der Waals surface area (Å²) in [6.45, 7) is 7.25. The summed E-state index contributed by atoms with van der Waals surface area (Å²) in [7, 11) is 0. The lowest BCUT2D eigenvalue weighted by Gasteiger charge is -2.17. The molecule has 0 heterocycles. The molecule has 1 aromatic rings. The maximum atomic E-state index is 12.1. The van der Waals surface area contributed by atoms with Gasteiger partial charge in [-0.1, -0.05) is 63.4 Å². The van der Waals surface area contributed by atoms with Gasteiger partial charge in [0.15, 0.2) is 0 Å². The summed E-state index contributed by atoms with van der Waals surface area (Å²) in [4.78, 5) is 12.1. The molecule has 0 fully saturated rings. The van der Waals surface area contributed by atoms with E-state index in [-0.39, 0.29) is 11.2 Å². The summed E-state index contributed by atoms with van der Waals surface area (Å²) in [5.41, 5.74) is 1.27. The lowest BCUT2D eigenvalue weighted by molar-refractivity contribution is -0.120. The fraction of sp³-hybridized carbons (Fsp3) is 0.611. The van der Waals surface area contributed by atoms with Gasteiger partial charge in [0.25, 0.3) is 0 Å². The normalized spacial score (nSPS) is 13.7. The average Bonchev–Trinajstić information content (AvgIpc) is 2.53. The molecule has 0 aliphatic heterocycles. The summed E-state index contributed by atoms with van der Waals surface area (Å²) in [6, 6.07) is 10.3. The van der Waals surface area contributed by atoms with Crippen molar-refractivity contribution in [3.63, 3.8) is 0 Å². The van der Waals surface area contributed by atoms with Crippen LogP contribution in [0.5, 0.6) is 0 Å². The van der Waals surface area contributed by atoms with E-state index in [1.54, 1.807) is 11.8 Å². The Morgan fingerprint density at radius 3 is 2.57 bits per heavy atom. The van der Waals surface area contributed by atoms with Gasteiger partial charge in [-0.2, -0.15) is 0 Å². The van der Waals surface area contributed by atoms with Gasteiger partial charge in [0.05, 0.1) is 5.25 Å². The molecule has 1 rings (SSSR count). The minimum atomic E-state index is 0.00823. The molecule has 21 heavy (non-hydrogen) atoms. The van der Waals surface area contributed by atoms with Gasteiger partial charge in [-0.05, 0) is 24.8 Å². The summed E-state index contributed by atoms with van der Waals surface area (Å²) in [5, 5.41) is 3.13. The van der Waals surface area contributed by atoms with Crippen LogP contribution < -0.4 is 5.32 Å². The highest BCUT2D eigenvalue weighted by atomic mass is 32.2. The van der Waals surface area contributed by atoms with Gasteiger partial charge < -0.3 is 5.32 Å². The first kappa shape index (κ1) is 18.1. The standard InChI is InChI=1S/C18H29NOS/c1-4-6-10-16(5-2)13-19-18(20)15(3)21-14-17-11-8-7-9-12-17/h7-9,11-12,15-16H,4-6,10,13-14H2,1-3H3,(H,19,20)/t15-,16+/m0/s1. The Bertz CT molecular complexity index is 393. The number of hydrogen-bond acceptors (Lipinski definition) is 2. The molecule has 0 aliphatic carbocycles. The van der Waals surface area contributed by atoms with Crippen molar-refractivity contribution in [1.82, 2.24) is 5.32 Å². The molecule has 0 bridgehead atoms. The van der Waals surface area contributed by atoms with E-state index in [1.165, 1.54) is 24.8 Å². The topological polar surface area (TPSA) is 29.1 Å². The van der Waals surface area contributed by atoms with Gasteiger partial charge in [0.1, 0.15) is 0 Å². The minimum absolute atomic E-state index is 0.00823. The van der Waals surface area contributed by atoms with E-state index in [9.17, 15) is 4.79 Å². The Labute approximate surface area is 134 Å². The monoisotopic (exact) mass is 307 g/mol. The number of hydrogen-bond donors (Lipinski definition) is 1. The van der Waals surface area contributed by atoms with Crippen molar-refractivity contribution in [3.05, 3.63) is 35.9 Å². The van der Waals surface area contributed by atoms with Crippen LogP contribution in [0.2, 0.25) is 0 Å². The van der Waals surface area contributed by atoms with Crippen molar-refractivity contribution in [1.29, 1.82) is 0 Å². The van der Waals surface area contributed by atoms with Crippen LogP contribution in [0.25, 0.3) is 0 Å². The third kappa shape index (κ3) is 7.56. The molecule has 0 saturated heterocycles. The highest BCUT2D eigenvalue weighted by Crippen LogP contribution is 2.18. The Morgan fingerprint density at radius 2 is 1.95 bits per heavy atom. The van der Waals surface area contributed by atoms with Gasteiger partial charge >= 0.3 is 0 Å². The van der Waals surface area contributed by atoms with E-state index in [4.69, 9.17) is 0 Å². The maximum absolute atomic E-state index is 12.1. The van der Waals surface area contributed by atoms with Crippen molar-refractivity contribution in [2.75, 3.05) is 6.54 Å². The summed E-state index contributed by atoms with van der Waals surface area (Å²) >= 11 is 1.70. The Morgan fingerprint density at radius 1 is 1.24 bits per heavy atom. The van der Waals surface area contributed by atoms with Crippen LogP contribution in [0.15, 0.2) is 30.3 Å². The molecule has 1 aromatic carbocycles. The fourth-order valence-corrected chi connectivity index (χ4v) is 3.07. The van der Waals surface area contributed by atoms with E-state index in [0.29, 0.717) is 5.92 Å². The van der Waals surface area contributed by atoms with Crippen LogP contribution in [0, 0.1) is 5.92 Å². The van der Waals surface area contributed by atoms with Gasteiger partial charge in [0.2, 0.25) is 5.91 Å². The van der Waals surface area contributed by atoms with Crippen molar-refractivity contribution in [3.8, 4) is 0 Å². The lowest BCUT2D eigenvalue weighted by atomic mass is 9.99. The third-order valence-corrected chi connectivity index (χ3v) is 5.03. The smallest absolute Gasteiger partial charge is 0.232 e. The van der Waals surface area contributed by atoms with E-state index >= 15 is 0 Å². The van der Waals surface area contributed by atoms with Gasteiger partial charge in [-0.15, -0.1) is 11.8 Å². The molecule has 2 atom stereocenters. The molecule has 0 saturated carbocycles. The first-order chi connectivity index (χ1) is 10.2. The second-order valence-electron chi connectivity index (χ2n) is 5.60. The molecule has 0 spiro atoms. The van der Waals surface area contributed by atoms with E-state index in [0.717, 1.165) is 18.7 Å². The summed E-state index contributed by atoms with van der Waals surface area (Å²) in [5.74, 6) is 1.69. The molecule has 1 amide bonds. The molecule has 0 aromatic heterocycles. The van der Waals surface area contributed by atoms with E-state index in [1.807, 2.05) is 25.1 Å². The number of amides is 1. The molecule has 2 nitrogen and oxygen atoms in total. The first-order valence-corrected chi connectivity index (χ1v) is 9.15. The predicted octanol–water partition coefficient (Wildman–Crippen LogP) is 4.64. The van der Waals surface area contributed by atoms with Crippen molar-refractivity contribution in [2.24, 2.45) is 5.92 Å². The number of carbonyl (C=O) groups excluding carboxylic acids is 1. The molecular weight excluding hydrogens is 278 g/mol. The van der Waals surface area contributed by atoms with Crippen LogP contribution in [-0.2, 0) is 10.5 Å². The predicted molar refractivity (Wildman–Crippen MR) is 93.5 cm³/mol. The van der Waals surface area contributed by atoms with Gasteiger partial charge in [-0.25, -0.2) is 0 Å². The quantitative estimate of drug-likeness (QED) is 0.682. The Balaban J connectivity index is 2.27. The maximum Gasteiger partial charge on any atom is 0.232 e. The van der Waals surface area contributed by atoms with Gasteiger partial charge in [0, 0.05) is 12.3 Å². The van der Waals surface area contributed by atoms with Gasteiger partial charge in [-0.3, -0.25) is 4.79 Å². The van der Waals surface area contributed by atoms with Crippen LogP contribution in [0.3, 0.4) is 0 Å². The summed E-state index contributed by atoms with van der Waals surface area (Å²) < 4.78 is 0. The number of benzene rings is 1. The van der Waals surface area contributed by atoms with Crippen LogP contribution in [0.4, 0.5) is 0 Å². The molecule has 1 N–H and O–H groups in total. The SMILES string of the molecule is CCCC[C@@H](CC)CNC(=O)[C@H](C)SCc1ccccc1. The molecular formula is C18H29NOS. The van der Waals surface area contributed by atoms with Crippen molar-refractivity contribution in [2.45, 2.75) is 57.5 Å². The van der Waals surface area contributed by atoms with Crippen LogP contribution in [-0.4, -0.2) is 17.7 Å². The Hall–Kier alpha value is -0.960. The average molecular weight is 308 g/mol. The summed E-state index contributed by atoms with van der Waals surface area (Å²) in [6.07, 6.45) is 4.85. The van der Waals surface area contributed by atoms with Crippen LogP contribution in [0.1, 0.15) is 52.0 Å². The second-order valence-corrected chi connectivity index (χ2v) is 6.93. The second kappa shape index (κ2) is 10.7. The highest BCUT2D eigenvalue weighted by Gasteiger charge is 2.15. The Kier molecular flexibility index (Phi) is 9.24. The lowest BCUT2D eigenvalue weighted by Crippen LogP contribution is -2.34. The number of carbonyl (C=O) groups is 1. The number of thioether (sulfide) groups is 1. The molecule has 118 valence electrons. The molecule has 0 aliphatic rings. The van der Waals surface area contributed by atoms with E-state index < -0.39 is 0 Å². The third-order valence-electron chi connectivity index (χ3n) is 3.82. The van der Waals surface area contributed by atoms with Crippen molar-refractivity contribution < 1.29 is 4.79 Å². The minimum Gasteiger partial charge on any atom is -0.355 e. The van der Waals surface area contributed by atoms with E-state index in [2.05, 4.69) is 31.3 Å². The fourth-order valence-electron chi connectivity index (χ4n) is 2.20. The van der Waals surface area contributed by atoms with Crippen molar-refractivity contribution >= 4 is 17.7 Å². The molecule has 3 heteroatoms. The number of rotatable bonds is 10. The highest BCUT2D eigenvalue weighted by molar-refractivity contribution is 7.99.